The second-order valence-corrected chi connectivity index (χ2v) is 6.79. The van der Waals surface area contributed by atoms with Crippen molar-refractivity contribution in [2.45, 2.75) is 58.5 Å². The molecule has 2 atom stereocenters. The lowest BCUT2D eigenvalue weighted by atomic mass is 10.0. The van der Waals surface area contributed by atoms with E-state index in [1.54, 1.807) is 0 Å². The second-order valence-electron chi connectivity index (χ2n) is 6.79. The first-order chi connectivity index (χ1) is 12.2. The van der Waals surface area contributed by atoms with Gasteiger partial charge in [0.1, 0.15) is 6.04 Å². The molecule has 1 fully saturated rings. The summed E-state index contributed by atoms with van der Waals surface area (Å²) < 4.78 is 5.83. The second kappa shape index (κ2) is 10.6. The third kappa shape index (κ3) is 5.29. The van der Waals surface area contributed by atoms with Crippen LogP contribution in [0.3, 0.4) is 0 Å². The molecule has 4 nitrogen and oxygen atoms in total. The standard InChI is InChI=1S/C21H34N2O2/c1-4-7-16-25-17-19-14-11-15-23(19)21(24)20(22(5-2)6-3)18-12-9-8-10-13-18/h8-10,12-13,19-20H,4-7,11,14-17H2,1-3H3/t19-,20-/m0/s1. The highest BCUT2D eigenvalue weighted by molar-refractivity contribution is 5.84. The van der Waals surface area contributed by atoms with Crippen LogP contribution in [0, 0.1) is 0 Å². The molecular weight excluding hydrogens is 312 g/mol. The SMILES string of the molecule is CCCCOC[C@@H]1CCCN1C(=O)[C@H](c1ccccc1)N(CC)CC. The van der Waals surface area contributed by atoms with Crippen LogP contribution in [0.25, 0.3) is 0 Å². The first kappa shape index (κ1) is 19.9. The van der Waals surface area contributed by atoms with Gasteiger partial charge in [0.25, 0.3) is 0 Å². The summed E-state index contributed by atoms with van der Waals surface area (Å²) in [6.45, 7) is 10.5. The summed E-state index contributed by atoms with van der Waals surface area (Å²) in [5.74, 6) is 0.233. The molecule has 2 rings (SSSR count). The van der Waals surface area contributed by atoms with Crippen LogP contribution in [-0.2, 0) is 9.53 Å². The molecule has 1 aliphatic rings. The smallest absolute Gasteiger partial charge is 0.244 e. The summed E-state index contributed by atoms with van der Waals surface area (Å²) >= 11 is 0. The molecule has 1 amide bonds. The molecule has 0 aliphatic carbocycles. The summed E-state index contributed by atoms with van der Waals surface area (Å²) in [5.41, 5.74) is 1.09. The predicted octanol–water partition coefficient (Wildman–Crippen LogP) is 3.88. The van der Waals surface area contributed by atoms with Crippen LogP contribution in [0.15, 0.2) is 30.3 Å². The van der Waals surface area contributed by atoms with Crippen molar-refractivity contribution in [2.75, 3.05) is 32.8 Å². The lowest BCUT2D eigenvalue weighted by molar-refractivity contribution is -0.139. The minimum absolute atomic E-state index is 0.188. The molecule has 1 saturated heterocycles. The van der Waals surface area contributed by atoms with Gasteiger partial charge in [0.15, 0.2) is 0 Å². The molecule has 0 radical (unpaired) electrons. The van der Waals surface area contributed by atoms with Crippen molar-refractivity contribution >= 4 is 5.91 Å². The Bertz CT molecular complexity index is 502. The van der Waals surface area contributed by atoms with Crippen LogP contribution in [0.5, 0.6) is 0 Å². The number of benzene rings is 1. The number of nitrogens with zero attached hydrogens (tertiary/aromatic N) is 2. The molecule has 1 aliphatic heterocycles. The van der Waals surface area contributed by atoms with E-state index in [-0.39, 0.29) is 18.0 Å². The Kier molecular flexibility index (Phi) is 8.42. The van der Waals surface area contributed by atoms with E-state index in [2.05, 4.69) is 42.7 Å². The molecular formula is C21H34N2O2. The molecule has 0 aromatic heterocycles. The first-order valence-corrected chi connectivity index (χ1v) is 9.90. The molecule has 0 saturated carbocycles. The number of ether oxygens (including phenoxy) is 1. The van der Waals surface area contributed by atoms with Crippen LogP contribution < -0.4 is 0 Å². The average molecular weight is 347 g/mol. The quantitative estimate of drug-likeness (QED) is 0.603. The number of likely N-dealkylation sites (tertiary alicyclic amines) is 1. The minimum atomic E-state index is -0.188. The van der Waals surface area contributed by atoms with Gasteiger partial charge in [-0.2, -0.15) is 0 Å². The van der Waals surface area contributed by atoms with E-state index in [0.29, 0.717) is 6.61 Å². The summed E-state index contributed by atoms with van der Waals surface area (Å²) in [7, 11) is 0. The Hall–Kier alpha value is -1.39. The number of hydrogen-bond donors (Lipinski definition) is 0. The first-order valence-electron chi connectivity index (χ1n) is 9.90. The van der Waals surface area contributed by atoms with E-state index < -0.39 is 0 Å². The van der Waals surface area contributed by atoms with Crippen LogP contribution in [0.1, 0.15) is 58.1 Å². The molecule has 25 heavy (non-hydrogen) atoms. The number of rotatable bonds is 10. The Labute approximate surface area is 153 Å². The fourth-order valence-corrected chi connectivity index (χ4v) is 3.66. The van der Waals surface area contributed by atoms with E-state index in [0.717, 1.165) is 57.5 Å². The van der Waals surface area contributed by atoms with Crippen molar-refractivity contribution in [2.24, 2.45) is 0 Å². The topological polar surface area (TPSA) is 32.8 Å². The Morgan fingerprint density at radius 2 is 1.96 bits per heavy atom. The maximum Gasteiger partial charge on any atom is 0.244 e. The van der Waals surface area contributed by atoms with Crippen molar-refractivity contribution in [3.05, 3.63) is 35.9 Å². The van der Waals surface area contributed by atoms with E-state index in [9.17, 15) is 4.79 Å². The molecule has 0 unspecified atom stereocenters. The molecule has 4 heteroatoms. The lowest BCUT2D eigenvalue weighted by Crippen LogP contribution is -2.46. The number of likely N-dealkylation sites (N-methyl/N-ethyl adjacent to an activating group) is 1. The number of unbranched alkanes of at least 4 members (excludes halogenated alkanes) is 1. The van der Waals surface area contributed by atoms with Gasteiger partial charge in [-0.05, 0) is 37.9 Å². The van der Waals surface area contributed by atoms with Crippen LogP contribution in [0.2, 0.25) is 0 Å². The molecule has 0 spiro atoms. The van der Waals surface area contributed by atoms with Crippen molar-refractivity contribution in [1.82, 2.24) is 9.80 Å². The van der Waals surface area contributed by atoms with E-state index >= 15 is 0 Å². The highest BCUT2D eigenvalue weighted by Gasteiger charge is 2.36. The van der Waals surface area contributed by atoms with Gasteiger partial charge in [-0.3, -0.25) is 9.69 Å². The zero-order chi connectivity index (χ0) is 18.1. The van der Waals surface area contributed by atoms with E-state index in [1.807, 2.05) is 18.2 Å². The fraction of sp³-hybridized carbons (Fsp3) is 0.667. The zero-order valence-electron chi connectivity index (χ0n) is 16.1. The highest BCUT2D eigenvalue weighted by atomic mass is 16.5. The summed E-state index contributed by atoms with van der Waals surface area (Å²) in [6.07, 6.45) is 4.36. The monoisotopic (exact) mass is 346 g/mol. The van der Waals surface area contributed by atoms with Crippen molar-refractivity contribution in [1.29, 1.82) is 0 Å². The Morgan fingerprint density at radius 1 is 1.24 bits per heavy atom. The van der Waals surface area contributed by atoms with Gasteiger partial charge in [0.05, 0.1) is 12.6 Å². The Balaban J connectivity index is 2.12. The molecule has 1 aromatic rings. The maximum absolute atomic E-state index is 13.4. The van der Waals surface area contributed by atoms with Crippen LogP contribution in [-0.4, -0.2) is 54.6 Å². The normalized spacial score (nSPS) is 18.7. The average Bonchev–Trinajstić information content (AvgIpc) is 3.12. The zero-order valence-corrected chi connectivity index (χ0v) is 16.1. The highest BCUT2D eigenvalue weighted by Crippen LogP contribution is 2.27. The van der Waals surface area contributed by atoms with Crippen LogP contribution >= 0.6 is 0 Å². The summed E-state index contributed by atoms with van der Waals surface area (Å²) in [6, 6.07) is 10.2. The van der Waals surface area contributed by atoms with Crippen molar-refractivity contribution < 1.29 is 9.53 Å². The van der Waals surface area contributed by atoms with E-state index in [4.69, 9.17) is 4.74 Å². The summed E-state index contributed by atoms with van der Waals surface area (Å²) in [5, 5.41) is 0. The molecule has 1 heterocycles. The maximum atomic E-state index is 13.4. The van der Waals surface area contributed by atoms with Crippen molar-refractivity contribution in [3.8, 4) is 0 Å². The molecule has 0 bridgehead atoms. The Morgan fingerprint density at radius 3 is 2.60 bits per heavy atom. The summed E-state index contributed by atoms with van der Waals surface area (Å²) in [4.78, 5) is 17.8. The lowest BCUT2D eigenvalue weighted by Gasteiger charge is -2.34. The molecule has 140 valence electrons. The predicted molar refractivity (Wildman–Crippen MR) is 103 cm³/mol. The van der Waals surface area contributed by atoms with Gasteiger partial charge in [0, 0.05) is 13.2 Å². The fourth-order valence-electron chi connectivity index (χ4n) is 3.66. The van der Waals surface area contributed by atoms with Gasteiger partial charge in [-0.15, -0.1) is 0 Å². The largest absolute Gasteiger partial charge is 0.379 e. The molecule has 1 aromatic carbocycles. The number of carbonyl (C=O) groups excluding carboxylic acids is 1. The van der Waals surface area contributed by atoms with Gasteiger partial charge >= 0.3 is 0 Å². The number of carbonyl (C=O) groups is 1. The van der Waals surface area contributed by atoms with Gasteiger partial charge < -0.3 is 9.64 Å². The van der Waals surface area contributed by atoms with Gasteiger partial charge in [0.2, 0.25) is 5.91 Å². The minimum Gasteiger partial charge on any atom is -0.379 e. The van der Waals surface area contributed by atoms with Gasteiger partial charge in [-0.25, -0.2) is 0 Å². The van der Waals surface area contributed by atoms with Gasteiger partial charge in [-0.1, -0.05) is 57.5 Å². The van der Waals surface area contributed by atoms with Crippen LogP contribution in [0.4, 0.5) is 0 Å². The van der Waals surface area contributed by atoms with Crippen molar-refractivity contribution in [3.63, 3.8) is 0 Å². The third-order valence-electron chi connectivity index (χ3n) is 5.14. The number of hydrogen-bond acceptors (Lipinski definition) is 3. The number of amides is 1. The van der Waals surface area contributed by atoms with E-state index in [1.165, 1.54) is 0 Å². The molecule has 0 N–H and O–H groups in total. The third-order valence-corrected chi connectivity index (χ3v) is 5.14.